The van der Waals surface area contributed by atoms with Gasteiger partial charge in [-0.3, -0.25) is 0 Å². The number of hydrogen-bond donors (Lipinski definition) is 0. The molecule has 0 bridgehead atoms. The predicted octanol–water partition coefficient (Wildman–Crippen LogP) is 4.83. The Morgan fingerprint density at radius 1 is 0.824 bits per heavy atom. The number of carbonyl (C=O) groups excluding carboxylic acids is 1. The minimum atomic E-state index is -0.858. The molecule has 0 spiro atoms. The number of methoxy groups -OCH3 is 1. The van der Waals surface area contributed by atoms with E-state index in [0.717, 1.165) is 15.6 Å². The maximum atomic E-state index is 12.3. The van der Waals surface area contributed by atoms with Crippen molar-refractivity contribution in [2.75, 3.05) is 60.0 Å². The second-order valence-electron chi connectivity index (χ2n) is 7.06. The SMILES string of the molecule is COCCOCCOCCOCCOC(=O)Oc1c(Br)cc(Br)c2nc3c(C)cccc3nc12. The standard InChI is InChI=1S/C23H26Br2N2O7/c1-15-4-3-5-18-19(15)27-20-16(24)14-17(25)22(21(20)26-18)34-23(28)33-13-12-32-11-10-31-9-8-30-7-6-29-2/h3-5,14H,6-13H2,1-2H3. The van der Waals surface area contributed by atoms with Crippen LogP contribution < -0.4 is 4.74 Å². The minimum absolute atomic E-state index is 0.0405. The third-order valence-corrected chi connectivity index (χ3v) is 5.81. The quantitative estimate of drug-likeness (QED) is 0.118. The Kier molecular flexibility index (Phi) is 10.9. The normalized spacial score (nSPS) is 11.3. The zero-order chi connectivity index (χ0) is 24.3. The maximum absolute atomic E-state index is 12.3. The fourth-order valence-corrected chi connectivity index (χ4v) is 4.29. The van der Waals surface area contributed by atoms with Gasteiger partial charge >= 0.3 is 6.16 Å². The summed E-state index contributed by atoms with van der Waals surface area (Å²) in [7, 11) is 1.62. The number of nitrogens with zero attached hydrogens (tertiary/aromatic N) is 2. The van der Waals surface area contributed by atoms with Crippen LogP contribution in [0.15, 0.2) is 33.2 Å². The van der Waals surface area contributed by atoms with Crippen molar-refractivity contribution in [1.82, 2.24) is 9.97 Å². The van der Waals surface area contributed by atoms with Gasteiger partial charge in [-0.05, 0) is 56.5 Å². The van der Waals surface area contributed by atoms with Gasteiger partial charge in [0.2, 0.25) is 0 Å². The van der Waals surface area contributed by atoms with Gasteiger partial charge in [-0.15, -0.1) is 0 Å². The number of hydrogen-bond acceptors (Lipinski definition) is 9. The van der Waals surface area contributed by atoms with Gasteiger partial charge in [-0.2, -0.15) is 0 Å². The van der Waals surface area contributed by atoms with Gasteiger partial charge in [0.1, 0.15) is 17.6 Å². The van der Waals surface area contributed by atoms with Gasteiger partial charge in [0.15, 0.2) is 5.75 Å². The van der Waals surface area contributed by atoms with Gasteiger partial charge in [0.05, 0.1) is 61.8 Å². The van der Waals surface area contributed by atoms with E-state index in [1.54, 1.807) is 13.2 Å². The second kappa shape index (κ2) is 13.9. The lowest BCUT2D eigenvalue weighted by Gasteiger charge is -2.12. The van der Waals surface area contributed by atoms with Crippen molar-refractivity contribution in [3.05, 3.63) is 38.8 Å². The highest BCUT2D eigenvalue weighted by molar-refractivity contribution is 9.11. The molecule has 0 aliphatic rings. The maximum Gasteiger partial charge on any atom is 0.514 e. The van der Waals surface area contributed by atoms with Crippen molar-refractivity contribution in [2.24, 2.45) is 0 Å². The molecule has 0 fully saturated rings. The van der Waals surface area contributed by atoms with Crippen LogP contribution in [-0.4, -0.2) is 76.1 Å². The van der Waals surface area contributed by atoms with E-state index in [1.807, 2.05) is 25.1 Å². The molecule has 11 heteroatoms. The molecule has 0 unspecified atom stereocenters. The van der Waals surface area contributed by atoms with E-state index >= 15 is 0 Å². The summed E-state index contributed by atoms with van der Waals surface area (Å²) in [5.74, 6) is 0.237. The third-order valence-electron chi connectivity index (χ3n) is 4.62. The van der Waals surface area contributed by atoms with Crippen molar-refractivity contribution >= 4 is 60.1 Å². The fourth-order valence-electron chi connectivity index (χ4n) is 2.98. The van der Waals surface area contributed by atoms with Crippen LogP contribution >= 0.6 is 31.9 Å². The molecule has 34 heavy (non-hydrogen) atoms. The highest BCUT2D eigenvalue weighted by atomic mass is 79.9. The minimum Gasteiger partial charge on any atom is -0.432 e. The number of rotatable bonds is 13. The van der Waals surface area contributed by atoms with E-state index in [-0.39, 0.29) is 19.0 Å². The zero-order valence-corrected chi connectivity index (χ0v) is 22.1. The highest BCUT2D eigenvalue weighted by Gasteiger charge is 2.19. The number of benzene rings is 2. The first-order chi connectivity index (χ1) is 16.5. The lowest BCUT2D eigenvalue weighted by atomic mass is 10.2. The number of para-hydroxylation sites is 1. The summed E-state index contributed by atoms with van der Waals surface area (Å²) >= 11 is 6.94. The number of aryl methyl sites for hydroxylation is 1. The first-order valence-corrected chi connectivity index (χ1v) is 12.2. The van der Waals surface area contributed by atoms with Crippen LogP contribution in [0, 0.1) is 6.92 Å². The van der Waals surface area contributed by atoms with Crippen molar-refractivity contribution in [1.29, 1.82) is 0 Å². The molecule has 0 aliphatic heterocycles. The Hall–Kier alpha value is -1.89. The largest absolute Gasteiger partial charge is 0.514 e. The molecule has 184 valence electrons. The molecule has 0 saturated heterocycles. The summed E-state index contributed by atoms with van der Waals surface area (Å²) in [6, 6.07) is 7.50. The summed E-state index contributed by atoms with van der Waals surface area (Å²) in [4.78, 5) is 21.6. The smallest absolute Gasteiger partial charge is 0.432 e. The lowest BCUT2D eigenvalue weighted by molar-refractivity contribution is -0.00449. The molecule has 0 amide bonds. The van der Waals surface area contributed by atoms with Crippen molar-refractivity contribution in [2.45, 2.75) is 6.92 Å². The van der Waals surface area contributed by atoms with Gasteiger partial charge in [-0.1, -0.05) is 12.1 Å². The van der Waals surface area contributed by atoms with Crippen LogP contribution in [0.3, 0.4) is 0 Å². The molecule has 0 atom stereocenters. The first-order valence-electron chi connectivity index (χ1n) is 10.6. The van der Waals surface area contributed by atoms with E-state index < -0.39 is 6.16 Å². The van der Waals surface area contributed by atoms with Crippen LogP contribution in [0.4, 0.5) is 4.79 Å². The molecular formula is C23H26Br2N2O7. The molecule has 9 nitrogen and oxygen atoms in total. The number of aromatic nitrogens is 2. The number of ether oxygens (including phenoxy) is 6. The molecule has 3 aromatic rings. The van der Waals surface area contributed by atoms with Gasteiger partial charge < -0.3 is 28.4 Å². The van der Waals surface area contributed by atoms with Crippen molar-refractivity contribution in [3.8, 4) is 5.75 Å². The summed E-state index contributed by atoms with van der Waals surface area (Å²) < 4.78 is 32.8. The molecule has 1 aromatic heterocycles. The predicted molar refractivity (Wildman–Crippen MR) is 133 cm³/mol. The monoisotopic (exact) mass is 600 g/mol. The van der Waals surface area contributed by atoms with Gasteiger partial charge in [0, 0.05) is 11.6 Å². The molecule has 0 aliphatic carbocycles. The molecule has 0 N–H and O–H groups in total. The lowest BCUT2D eigenvalue weighted by Crippen LogP contribution is -2.16. The molecular weight excluding hydrogens is 576 g/mol. The van der Waals surface area contributed by atoms with E-state index in [2.05, 4.69) is 36.8 Å². The molecule has 0 radical (unpaired) electrons. The topological polar surface area (TPSA) is 98.2 Å². The molecule has 2 aromatic carbocycles. The van der Waals surface area contributed by atoms with Crippen molar-refractivity contribution < 1.29 is 33.2 Å². The third kappa shape index (κ3) is 7.56. The zero-order valence-electron chi connectivity index (χ0n) is 19.0. The molecule has 0 saturated carbocycles. The van der Waals surface area contributed by atoms with Gasteiger partial charge in [-0.25, -0.2) is 14.8 Å². The van der Waals surface area contributed by atoms with E-state index in [0.29, 0.717) is 60.7 Å². The first kappa shape index (κ1) is 26.7. The van der Waals surface area contributed by atoms with Crippen LogP contribution in [-0.2, 0) is 23.7 Å². The summed E-state index contributed by atoms with van der Waals surface area (Å²) in [6.45, 7) is 5.10. The van der Waals surface area contributed by atoms with Crippen LogP contribution in [0.1, 0.15) is 5.56 Å². The van der Waals surface area contributed by atoms with Crippen LogP contribution in [0.5, 0.6) is 5.75 Å². The Morgan fingerprint density at radius 2 is 1.47 bits per heavy atom. The number of carbonyl (C=O) groups is 1. The molecule has 1 heterocycles. The van der Waals surface area contributed by atoms with Crippen LogP contribution in [0.25, 0.3) is 22.1 Å². The Labute approximate surface area is 214 Å². The Morgan fingerprint density at radius 3 is 2.15 bits per heavy atom. The summed E-state index contributed by atoms with van der Waals surface area (Å²) in [5.41, 5.74) is 3.51. The number of fused-ring (bicyclic) bond motifs is 2. The Balaban J connectivity index is 1.47. The summed E-state index contributed by atoms with van der Waals surface area (Å²) in [6.07, 6.45) is -0.858. The fraction of sp³-hybridized carbons (Fsp3) is 0.435. The van der Waals surface area contributed by atoms with E-state index in [9.17, 15) is 4.79 Å². The van der Waals surface area contributed by atoms with Crippen LogP contribution in [0.2, 0.25) is 0 Å². The number of halogens is 2. The summed E-state index contributed by atoms with van der Waals surface area (Å²) in [5, 5.41) is 0. The second-order valence-corrected chi connectivity index (χ2v) is 8.77. The van der Waals surface area contributed by atoms with Crippen molar-refractivity contribution in [3.63, 3.8) is 0 Å². The highest BCUT2D eigenvalue weighted by Crippen LogP contribution is 2.38. The van der Waals surface area contributed by atoms with E-state index in [4.69, 9.17) is 33.4 Å². The average molecular weight is 602 g/mol. The van der Waals surface area contributed by atoms with Gasteiger partial charge in [0.25, 0.3) is 0 Å². The Bertz CT molecular complexity index is 1110. The average Bonchev–Trinajstić information content (AvgIpc) is 2.82. The molecule has 3 rings (SSSR count). The van der Waals surface area contributed by atoms with E-state index in [1.165, 1.54) is 0 Å².